The van der Waals surface area contributed by atoms with Crippen molar-refractivity contribution < 1.29 is 9.53 Å². The van der Waals surface area contributed by atoms with Crippen molar-refractivity contribution in [1.29, 1.82) is 0 Å². The maximum Gasteiger partial charge on any atom is 0.310 e. The zero-order chi connectivity index (χ0) is 18.2. The van der Waals surface area contributed by atoms with Gasteiger partial charge in [0.25, 0.3) is 0 Å². The Morgan fingerprint density at radius 2 is 1.58 bits per heavy atom. The summed E-state index contributed by atoms with van der Waals surface area (Å²) in [5.41, 5.74) is 2.06. The van der Waals surface area contributed by atoms with Gasteiger partial charge in [-0.2, -0.15) is 0 Å². The van der Waals surface area contributed by atoms with Crippen molar-refractivity contribution in [3.8, 4) is 0 Å². The lowest BCUT2D eigenvalue weighted by molar-refractivity contribution is -0.149. The van der Waals surface area contributed by atoms with Crippen LogP contribution in [0.15, 0.2) is 60.7 Å². The van der Waals surface area contributed by atoms with Crippen LogP contribution in [-0.2, 0) is 16.0 Å². The predicted molar refractivity (Wildman–Crippen MR) is 104 cm³/mol. The van der Waals surface area contributed by atoms with Crippen LogP contribution >= 0.6 is 0 Å². The first-order valence-electron chi connectivity index (χ1n) is 9.40. The SMILES string of the molecule is CN1CCN(CCC(OC(=O)Cc2ccccc2)c2ccccc2)CC1. The Balaban J connectivity index is 1.59. The summed E-state index contributed by atoms with van der Waals surface area (Å²) in [6.07, 6.45) is 0.958. The maximum atomic E-state index is 12.4. The quantitative estimate of drug-likeness (QED) is 0.717. The molecule has 1 saturated heterocycles. The fourth-order valence-electron chi connectivity index (χ4n) is 3.30. The molecule has 0 radical (unpaired) electrons. The largest absolute Gasteiger partial charge is 0.457 e. The summed E-state index contributed by atoms with van der Waals surface area (Å²) < 4.78 is 5.88. The molecule has 1 aliphatic heterocycles. The number of ether oxygens (including phenoxy) is 1. The van der Waals surface area contributed by atoms with Gasteiger partial charge in [0.2, 0.25) is 0 Å². The molecular formula is C22H28N2O2. The lowest BCUT2D eigenvalue weighted by Gasteiger charge is -2.33. The number of piperazine rings is 1. The second kappa shape index (κ2) is 9.51. The number of benzene rings is 2. The van der Waals surface area contributed by atoms with E-state index in [0.717, 1.165) is 50.3 Å². The van der Waals surface area contributed by atoms with Gasteiger partial charge in [0.1, 0.15) is 6.10 Å². The Morgan fingerprint density at radius 3 is 2.23 bits per heavy atom. The van der Waals surface area contributed by atoms with E-state index < -0.39 is 0 Å². The molecule has 138 valence electrons. The third-order valence-corrected chi connectivity index (χ3v) is 4.94. The monoisotopic (exact) mass is 352 g/mol. The summed E-state index contributed by atoms with van der Waals surface area (Å²) in [5.74, 6) is -0.163. The van der Waals surface area contributed by atoms with Crippen LogP contribution in [0.4, 0.5) is 0 Å². The van der Waals surface area contributed by atoms with Gasteiger partial charge in [-0.15, -0.1) is 0 Å². The van der Waals surface area contributed by atoms with Gasteiger partial charge >= 0.3 is 5.97 Å². The van der Waals surface area contributed by atoms with Crippen molar-refractivity contribution in [2.45, 2.75) is 18.9 Å². The van der Waals surface area contributed by atoms with Crippen LogP contribution in [0.5, 0.6) is 0 Å². The molecule has 0 bridgehead atoms. The minimum atomic E-state index is -0.188. The van der Waals surface area contributed by atoms with E-state index in [1.165, 1.54) is 0 Å². The molecule has 26 heavy (non-hydrogen) atoms. The van der Waals surface area contributed by atoms with E-state index in [1.807, 2.05) is 60.7 Å². The molecule has 0 amide bonds. The Kier molecular flexibility index (Phi) is 6.81. The number of hydrogen-bond acceptors (Lipinski definition) is 4. The number of likely N-dealkylation sites (N-methyl/N-ethyl adjacent to an activating group) is 1. The molecule has 0 aliphatic carbocycles. The van der Waals surface area contributed by atoms with Gasteiger partial charge in [-0.05, 0) is 18.2 Å². The summed E-state index contributed by atoms with van der Waals surface area (Å²) in [4.78, 5) is 17.3. The number of nitrogens with zero attached hydrogens (tertiary/aromatic N) is 2. The Hall–Kier alpha value is -2.17. The maximum absolute atomic E-state index is 12.4. The molecule has 4 nitrogen and oxygen atoms in total. The van der Waals surface area contributed by atoms with E-state index in [2.05, 4.69) is 16.8 Å². The average molecular weight is 352 g/mol. The minimum Gasteiger partial charge on any atom is -0.457 e. The van der Waals surface area contributed by atoms with Crippen molar-refractivity contribution in [2.24, 2.45) is 0 Å². The molecule has 0 N–H and O–H groups in total. The first kappa shape index (κ1) is 18.6. The normalized spacial score (nSPS) is 17.0. The van der Waals surface area contributed by atoms with Crippen molar-refractivity contribution in [3.63, 3.8) is 0 Å². The summed E-state index contributed by atoms with van der Waals surface area (Å²) in [7, 11) is 2.16. The summed E-state index contributed by atoms with van der Waals surface area (Å²) in [6.45, 7) is 5.31. The molecular weight excluding hydrogens is 324 g/mol. The Bertz CT molecular complexity index is 667. The second-order valence-corrected chi connectivity index (χ2v) is 6.99. The van der Waals surface area contributed by atoms with Crippen LogP contribution in [0.25, 0.3) is 0 Å². The third-order valence-electron chi connectivity index (χ3n) is 4.94. The molecule has 0 saturated carbocycles. The van der Waals surface area contributed by atoms with Crippen LogP contribution in [0, 0.1) is 0 Å². The average Bonchev–Trinajstić information content (AvgIpc) is 2.68. The molecule has 0 aromatic heterocycles. The highest BCUT2D eigenvalue weighted by Gasteiger charge is 2.20. The standard InChI is InChI=1S/C22H28N2O2/c1-23-14-16-24(17-15-23)13-12-21(20-10-6-3-7-11-20)26-22(25)18-19-8-4-2-5-9-19/h2-11,21H,12-18H2,1H3. The van der Waals surface area contributed by atoms with Crippen molar-refractivity contribution in [3.05, 3.63) is 71.8 Å². The predicted octanol–water partition coefficient (Wildman–Crippen LogP) is 3.15. The van der Waals surface area contributed by atoms with E-state index in [1.54, 1.807) is 0 Å². The van der Waals surface area contributed by atoms with Gasteiger partial charge in [-0.25, -0.2) is 0 Å². The van der Waals surface area contributed by atoms with Gasteiger partial charge < -0.3 is 14.5 Å². The van der Waals surface area contributed by atoms with Gasteiger partial charge in [-0.3, -0.25) is 4.79 Å². The summed E-state index contributed by atoms with van der Waals surface area (Å²) in [5, 5.41) is 0. The van der Waals surface area contributed by atoms with Crippen LogP contribution < -0.4 is 0 Å². The summed E-state index contributed by atoms with van der Waals surface area (Å²) >= 11 is 0. The fraction of sp³-hybridized carbons (Fsp3) is 0.409. The van der Waals surface area contributed by atoms with E-state index >= 15 is 0 Å². The second-order valence-electron chi connectivity index (χ2n) is 6.99. The molecule has 2 aromatic carbocycles. The van der Waals surface area contributed by atoms with Gasteiger partial charge in [-0.1, -0.05) is 60.7 Å². The fourth-order valence-corrected chi connectivity index (χ4v) is 3.30. The highest BCUT2D eigenvalue weighted by Crippen LogP contribution is 2.22. The molecule has 1 unspecified atom stereocenters. The highest BCUT2D eigenvalue weighted by molar-refractivity contribution is 5.72. The van der Waals surface area contributed by atoms with E-state index in [9.17, 15) is 4.79 Å². The van der Waals surface area contributed by atoms with E-state index in [4.69, 9.17) is 4.74 Å². The van der Waals surface area contributed by atoms with Crippen molar-refractivity contribution in [1.82, 2.24) is 9.80 Å². The van der Waals surface area contributed by atoms with Crippen LogP contribution in [-0.4, -0.2) is 55.5 Å². The minimum absolute atomic E-state index is 0.163. The van der Waals surface area contributed by atoms with Gasteiger partial charge in [0.15, 0.2) is 0 Å². The molecule has 3 rings (SSSR count). The molecule has 1 fully saturated rings. The Labute approximate surface area is 156 Å². The zero-order valence-corrected chi connectivity index (χ0v) is 15.5. The molecule has 1 heterocycles. The number of esters is 1. The van der Waals surface area contributed by atoms with Gasteiger partial charge in [0.05, 0.1) is 6.42 Å². The zero-order valence-electron chi connectivity index (χ0n) is 15.5. The van der Waals surface area contributed by atoms with E-state index in [-0.39, 0.29) is 12.1 Å². The Morgan fingerprint density at radius 1 is 0.962 bits per heavy atom. The molecule has 1 aliphatic rings. The van der Waals surface area contributed by atoms with Crippen LogP contribution in [0.3, 0.4) is 0 Å². The first-order chi connectivity index (χ1) is 12.7. The smallest absolute Gasteiger partial charge is 0.310 e. The molecule has 2 aromatic rings. The number of carbonyl (C=O) groups is 1. The topological polar surface area (TPSA) is 32.8 Å². The number of hydrogen-bond donors (Lipinski definition) is 0. The third kappa shape index (κ3) is 5.68. The highest BCUT2D eigenvalue weighted by atomic mass is 16.5. The molecule has 1 atom stereocenters. The molecule has 0 spiro atoms. The van der Waals surface area contributed by atoms with Crippen molar-refractivity contribution >= 4 is 5.97 Å². The van der Waals surface area contributed by atoms with Gasteiger partial charge in [0, 0.05) is 39.1 Å². The van der Waals surface area contributed by atoms with Crippen LogP contribution in [0.2, 0.25) is 0 Å². The van der Waals surface area contributed by atoms with E-state index in [0.29, 0.717) is 6.42 Å². The molecule has 4 heteroatoms. The van der Waals surface area contributed by atoms with Crippen LogP contribution in [0.1, 0.15) is 23.7 Å². The lowest BCUT2D eigenvalue weighted by atomic mass is 10.1. The summed E-state index contributed by atoms with van der Waals surface area (Å²) in [6, 6.07) is 19.9. The number of carbonyl (C=O) groups excluding carboxylic acids is 1. The number of rotatable bonds is 7. The lowest BCUT2D eigenvalue weighted by Crippen LogP contribution is -2.45. The van der Waals surface area contributed by atoms with Crippen molar-refractivity contribution in [2.75, 3.05) is 39.8 Å². The first-order valence-corrected chi connectivity index (χ1v) is 9.40.